The van der Waals surface area contributed by atoms with E-state index in [1.807, 2.05) is 0 Å². The van der Waals surface area contributed by atoms with Gasteiger partial charge in [-0.1, -0.05) is 158 Å². The minimum atomic E-state index is 1.11. The zero-order chi connectivity index (χ0) is 43.1. The Morgan fingerprint density at radius 3 is 1.00 bits per heavy atom. The molecule has 1 heterocycles. The molecule has 0 amide bonds. The largest absolute Gasteiger partial charge is 0.311 e. The number of hydrogen-bond donors (Lipinski definition) is 0. The fourth-order valence-electron chi connectivity index (χ4n) is 9.67. The molecule has 0 N–H and O–H groups in total. The summed E-state index contributed by atoms with van der Waals surface area (Å²) in [4.78, 5) is 4.62. The molecule has 65 heavy (non-hydrogen) atoms. The van der Waals surface area contributed by atoms with Crippen LogP contribution in [0.15, 0.2) is 261 Å². The maximum Gasteiger partial charge on any atom is 0.0546 e. The number of fused-ring (bicyclic) bond motifs is 6. The average molecular weight is 830 g/mol. The molecule has 12 aromatic rings. The molecule has 0 saturated carbocycles. The van der Waals surface area contributed by atoms with E-state index in [9.17, 15) is 0 Å². The molecule has 0 atom stereocenters. The molecule has 1 aromatic heterocycles. The highest BCUT2D eigenvalue weighted by Gasteiger charge is 2.19. The highest BCUT2D eigenvalue weighted by Crippen LogP contribution is 2.42. The first-order valence-corrected chi connectivity index (χ1v) is 22.3. The van der Waals surface area contributed by atoms with Crippen LogP contribution in [0, 0.1) is 0 Å². The standard InChI is InChI=1S/C62H43N3/c1-5-18-49(19-6-1)63(50-20-7-2-8-21-50)53-35-29-44(30-36-53)46-33-39-60-58(41-46)59-42-47(45-31-37-54(38-32-45)64(51-22-9-3-10-23-51)52-24-11-4-12-25-52)34-40-61(59)65(60)62-43-48-17-13-14-26-55(48)56-27-15-16-28-57(56)62/h1-43H. The maximum atomic E-state index is 2.48. The van der Waals surface area contributed by atoms with Gasteiger partial charge in [0, 0.05) is 50.3 Å². The summed E-state index contributed by atoms with van der Waals surface area (Å²) in [6, 6.07) is 94.2. The predicted octanol–water partition coefficient (Wildman–Crippen LogP) is 17.4. The minimum Gasteiger partial charge on any atom is -0.311 e. The quantitative estimate of drug-likeness (QED) is 0.134. The van der Waals surface area contributed by atoms with Crippen LogP contribution in [0.2, 0.25) is 0 Å². The van der Waals surface area contributed by atoms with Gasteiger partial charge in [0.15, 0.2) is 0 Å². The van der Waals surface area contributed by atoms with Crippen molar-refractivity contribution in [2.75, 3.05) is 9.80 Å². The van der Waals surface area contributed by atoms with Gasteiger partial charge in [0.2, 0.25) is 0 Å². The lowest BCUT2D eigenvalue weighted by Crippen LogP contribution is -2.09. The van der Waals surface area contributed by atoms with E-state index in [0.29, 0.717) is 0 Å². The average Bonchev–Trinajstić information content (AvgIpc) is 3.71. The van der Waals surface area contributed by atoms with Gasteiger partial charge in [-0.3, -0.25) is 0 Å². The third kappa shape index (κ3) is 6.87. The van der Waals surface area contributed by atoms with E-state index in [2.05, 4.69) is 275 Å². The van der Waals surface area contributed by atoms with Gasteiger partial charge in [0.1, 0.15) is 0 Å². The molecule has 0 fully saturated rings. The number of para-hydroxylation sites is 4. The van der Waals surface area contributed by atoms with Gasteiger partial charge in [0.25, 0.3) is 0 Å². The van der Waals surface area contributed by atoms with E-state index < -0.39 is 0 Å². The molecule has 0 aliphatic heterocycles. The summed E-state index contributed by atoms with van der Waals surface area (Å²) < 4.78 is 2.48. The topological polar surface area (TPSA) is 11.4 Å². The van der Waals surface area contributed by atoms with E-state index in [4.69, 9.17) is 0 Å². The van der Waals surface area contributed by atoms with E-state index in [0.717, 1.165) is 34.1 Å². The number of hydrogen-bond acceptors (Lipinski definition) is 2. The van der Waals surface area contributed by atoms with Crippen LogP contribution in [-0.2, 0) is 0 Å². The number of nitrogens with zero attached hydrogens (tertiary/aromatic N) is 3. The first kappa shape index (κ1) is 38.0. The SMILES string of the molecule is c1ccc(N(c2ccccc2)c2ccc(-c3ccc4c(c3)c3cc(-c5ccc(N(c6ccccc6)c6ccccc6)cc5)ccc3n4-c3cc4ccccc4c4ccccc34)cc2)cc1. The lowest BCUT2D eigenvalue weighted by atomic mass is 9.99. The van der Waals surface area contributed by atoms with Gasteiger partial charge >= 0.3 is 0 Å². The first-order chi connectivity index (χ1) is 32.2. The Balaban J connectivity index is 1.00. The zero-order valence-corrected chi connectivity index (χ0v) is 35.7. The molecule has 0 aliphatic rings. The van der Waals surface area contributed by atoms with Crippen LogP contribution in [0.3, 0.4) is 0 Å². The molecule has 306 valence electrons. The van der Waals surface area contributed by atoms with Crippen molar-refractivity contribution < 1.29 is 0 Å². The third-order valence-electron chi connectivity index (χ3n) is 12.7. The summed E-state index contributed by atoms with van der Waals surface area (Å²) >= 11 is 0. The molecule has 0 bridgehead atoms. The molecule has 0 radical (unpaired) electrons. The van der Waals surface area contributed by atoms with E-state index in [-0.39, 0.29) is 0 Å². The number of benzene rings is 11. The van der Waals surface area contributed by atoms with Crippen LogP contribution in [0.4, 0.5) is 34.1 Å². The highest BCUT2D eigenvalue weighted by molar-refractivity contribution is 6.16. The van der Waals surface area contributed by atoms with Gasteiger partial charge in [0.05, 0.1) is 16.7 Å². The Hall–Kier alpha value is -8.66. The summed E-state index contributed by atoms with van der Waals surface area (Å²) in [7, 11) is 0. The van der Waals surface area contributed by atoms with Crippen molar-refractivity contribution in [3.8, 4) is 27.9 Å². The van der Waals surface area contributed by atoms with Gasteiger partial charge < -0.3 is 14.4 Å². The van der Waals surface area contributed by atoms with Crippen LogP contribution in [0.25, 0.3) is 71.3 Å². The molecular formula is C62H43N3. The number of rotatable bonds is 9. The summed E-state index contributed by atoms with van der Waals surface area (Å²) in [5.41, 5.74) is 14.9. The molecule has 0 unspecified atom stereocenters. The molecule has 11 aromatic carbocycles. The molecule has 3 heteroatoms. The van der Waals surface area contributed by atoms with Gasteiger partial charge in [-0.15, -0.1) is 0 Å². The van der Waals surface area contributed by atoms with Crippen LogP contribution >= 0.6 is 0 Å². The number of anilines is 6. The maximum absolute atomic E-state index is 2.48. The second-order valence-corrected chi connectivity index (χ2v) is 16.6. The summed E-state index contributed by atoms with van der Waals surface area (Å²) in [6.45, 7) is 0. The van der Waals surface area contributed by atoms with Crippen molar-refractivity contribution in [1.29, 1.82) is 0 Å². The number of aromatic nitrogens is 1. The Morgan fingerprint density at radius 2 is 0.569 bits per heavy atom. The van der Waals surface area contributed by atoms with E-state index in [1.54, 1.807) is 0 Å². The van der Waals surface area contributed by atoms with Crippen molar-refractivity contribution in [1.82, 2.24) is 4.57 Å². The second kappa shape index (κ2) is 16.2. The monoisotopic (exact) mass is 829 g/mol. The molecule has 0 aliphatic carbocycles. The molecule has 0 saturated heterocycles. The predicted molar refractivity (Wildman–Crippen MR) is 276 cm³/mol. The van der Waals surface area contributed by atoms with E-state index in [1.165, 1.54) is 71.3 Å². The summed E-state index contributed by atoms with van der Waals surface area (Å²) in [5, 5.41) is 7.40. The third-order valence-corrected chi connectivity index (χ3v) is 12.7. The van der Waals surface area contributed by atoms with Gasteiger partial charge in [-0.25, -0.2) is 0 Å². The Morgan fingerprint density at radius 1 is 0.231 bits per heavy atom. The molecule has 0 spiro atoms. The Kier molecular flexibility index (Phi) is 9.50. The van der Waals surface area contributed by atoms with Crippen molar-refractivity contribution in [3.63, 3.8) is 0 Å². The van der Waals surface area contributed by atoms with Crippen LogP contribution in [0.1, 0.15) is 0 Å². The first-order valence-electron chi connectivity index (χ1n) is 22.3. The second-order valence-electron chi connectivity index (χ2n) is 16.6. The van der Waals surface area contributed by atoms with Crippen molar-refractivity contribution in [2.45, 2.75) is 0 Å². The zero-order valence-electron chi connectivity index (χ0n) is 35.7. The smallest absolute Gasteiger partial charge is 0.0546 e. The lowest BCUT2D eigenvalue weighted by Gasteiger charge is -2.25. The van der Waals surface area contributed by atoms with Crippen LogP contribution in [-0.4, -0.2) is 4.57 Å². The van der Waals surface area contributed by atoms with Gasteiger partial charge in [-0.2, -0.15) is 0 Å². The fourth-order valence-corrected chi connectivity index (χ4v) is 9.67. The fraction of sp³-hybridized carbons (Fsp3) is 0. The van der Waals surface area contributed by atoms with Crippen molar-refractivity contribution in [3.05, 3.63) is 261 Å². The molecule has 12 rings (SSSR count). The molecule has 3 nitrogen and oxygen atoms in total. The normalized spacial score (nSPS) is 11.4. The Labute approximate surface area is 378 Å². The summed E-state index contributed by atoms with van der Waals surface area (Å²) in [6.07, 6.45) is 0. The Bertz CT molecular complexity index is 3360. The lowest BCUT2D eigenvalue weighted by molar-refractivity contribution is 1.20. The minimum absolute atomic E-state index is 1.11. The van der Waals surface area contributed by atoms with Gasteiger partial charge in [-0.05, 0) is 142 Å². The van der Waals surface area contributed by atoms with Crippen molar-refractivity contribution in [2.24, 2.45) is 0 Å². The van der Waals surface area contributed by atoms with E-state index >= 15 is 0 Å². The van der Waals surface area contributed by atoms with Crippen molar-refractivity contribution >= 4 is 77.5 Å². The van der Waals surface area contributed by atoms with Crippen LogP contribution in [0.5, 0.6) is 0 Å². The van der Waals surface area contributed by atoms with Crippen LogP contribution < -0.4 is 9.80 Å². The highest BCUT2D eigenvalue weighted by atomic mass is 15.1. The summed E-state index contributed by atoms with van der Waals surface area (Å²) in [5.74, 6) is 0. The molecular weight excluding hydrogens is 787 g/mol.